The smallest absolute Gasteiger partial charge is 0.337 e. The van der Waals surface area contributed by atoms with E-state index in [0.717, 1.165) is 40.3 Å². The molecule has 0 N–H and O–H groups in total. The van der Waals surface area contributed by atoms with E-state index in [1.54, 1.807) is 19.2 Å². The molecule has 0 aromatic heterocycles. The summed E-state index contributed by atoms with van der Waals surface area (Å²) >= 11 is 0. The van der Waals surface area contributed by atoms with Gasteiger partial charge in [0.1, 0.15) is 5.75 Å². The Bertz CT molecular complexity index is 1220. The van der Waals surface area contributed by atoms with Crippen LogP contribution in [0.5, 0.6) is 17.2 Å². The molecule has 7 nitrogen and oxygen atoms in total. The van der Waals surface area contributed by atoms with Crippen LogP contribution in [0.2, 0.25) is 0 Å². The number of benzene rings is 3. The Morgan fingerprint density at radius 1 is 1.06 bits per heavy atom. The van der Waals surface area contributed by atoms with E-state index < -0.39 is 6.23 Å². The van der Waals surface area contributed by atoms with E-state index in [1.807, 2.05) is 60.5 Å². The number of methoxy groups -OCH3 is 2. The van der Waals surface area contributed by atoms with Crippen LogP contribution in [0.15, 0.2) is 71.8 Å². The van der Waals surface area contributed by atoms with Crippen LogP contribution < -0.4 is 14.2 Å². The lowest BCUT2D eigenvalue weighted by atomic mass is 9.95. The molecule has 0 saturated carbocycles. The molecule has 0 spiro atoms. The van der Waals surface area contributed by atoms with Gasteiger partial charge in [-0.15, -0.1) is 0 Å². The molecule has 3 aromatic rings. The second-order valence-corrected chi connectivity index (χ2v) is 8.07. The van der Waals surface area contributed by atoms with Crippen LogP contribution in [0.1, 0.15) is 52.7 Å². The van der Waals surface area contributed by atoms with Gasteiger partial charge in [0.2, 0.25) is 6.23 Å². The summed E-state index contributed by atoms with van der Waals surface area (Å²) in [6.07, 6.45) is 0.259. The van der Waals surface area contributed by atoms with E-state index in [9.17, 15) is 4.79 Å². The number of hydrazone groups is 1. The lowest BCUT2D eigenvalue weighted by molar-refractivity contribution is -0.0209. The van der Waals surface area contributed by atoms with Gasteiger partial charge in [0.15, 0.2) is 11.5 Å². The van der Waals surface area contributed by atoms with Crippen LogP contribution >= 0.6 is 0 Å². The summed E-state index contributed by atoms with van der Waals surface area (Å²) in [5, 5.41) is 6.99. The van der Waals surface area contributed by atoms with Gasteiger partial charge >= 0.3 is 5.97 Å². The Balaban J connectivity index is 1.54. The molecule has 2 aliphatic rings. The minimum Gasteiger partial charge on any atom is -0.494 e. The SMILES string of the molecule is CCOc1ccc(C2=NN3[C@H](C2)c2cccc(OC)c2O[C@@H]3c2ccc(C(=O)OC)cc2)cc1. The molecule has 0 unspecified atom stereocenters. The van der Waals surface area contributed by atoms with E-state index in [1.165, 1.54) is 7.11 Å². The van der Waals surface area contributed by atoms with Crippen molar-refractivity contribution in [2.24, 2.45) is 5.10 Å². The van der Waals surface area contributed by atoms with Gasteiger partial charge in [0.05, 0.1) is 38.1 Å². The number of hydrogen-bond donors (Lipinski definition) is 0. The highest BCUT2D eigenvalue weighted by Gasteiger charge is 2.42. The number of esters is 1. The second-order valence-electron chi connectivity index (χ2n) is 8.07. The molecule has 0 radical (unpaired) electrons. The first kappa shape index (κ1) is 21.8. The number of ether oxygens (including phenoxy) is 4. The van der Waals surface area contributed by atoms with Crippen molar-refractivity contribution < 1.29 is 23.7 Å². The van der Waals surface area contributed by atoms with Crippen LogP contribution in [0.25, 0.3) is 0 Å². The maximum absolute atomic E-state index is 11.9. The van der Waals surface area contributed by atoms with Crippen LogP contribution in [0.3, 0.4) is 0 Å². The molecule has 0 bridgehead atoms. The molecule has 174 valence electrons. The van der Waals surface area contributed by atoms with Gasteiger partial charge < -0.3 is 18.9 Å². The molecule has 5 rings (SSSR count). The summed E-state index contributed by atoms with van der Waals surface area (Å²) in [6.45, 7) is 2.60. The predicted molar refractivity (Wildman–Crippen MR) is 127 cm³/mol. The molecule has 2 atom stereocenters. The van der Waals surface area contributed by atoms with E-state index in [0.29, 0.717) is 17.9 Å². The van der Waals surface area contributed by atoms with Gasteiger partial charge in [-0.3, -0.25) is 0 Å². The van der Waals surface area contributed by atoms with E-state index in [-0.39, 0.29) is 12.0 Å². The van der Waals surface area contributed by atoms with Crippen molar-refractivity contribution in [3.63, 3.8) is 0 Å². The molecule has 7 heteroatoms. The fraction of sp³-hybridized carbons (Fsp3) is 0.259. The molecule has 0 saturated heterocycles. The van der Waals surface area contributed by atoms with Crippen molar-refractivity contribution in [3.8, 4) is 17.2 Å². The standard InChI is InChI=1S/C27H26N2O5/c1-4-33-20-14-12-17(13-15-20)22-16-23-21-6-5-7-24(31-2)25(21)34-26(29(23)28-22)18-8-10-19(11-9-18)27(30)32-3/h5-15,23,26H,4,16H2,1-3H3/t23-,26-/m1/s1. The number of fused-ring (bicyclic) bond motifs is 3. The van der Waals surface area contributed by atoms with Crippen LogP contribution in [0.4, 0.5) is 0 Å². The van der Waals surface area contributed by atoms with E-state index in [2.05, 4.69) is 6.07 Å². The molecule has 2 heterocycles. The molecule has 2 aliphatic heterocycles. The largest absolute Gasteiger partial charge is 0.494 e. The lowest BCUT2D eigenvalue weighted by Gasteiger charge is -2.38. The van der Waals surface area contributed by atoms with Gasteiger partial charge in [-0.2, -0.15) is 5.10 Å². The number of rotatable bonds is 6. The number of hydrogen-bond acceptors (Lipinski definition) is 7. The first-order valence-corrected chi connectivity index (χ1v) is 11.2. The topological polar surface area (TPSA) is 69.6 Å². The maximum Gasteiger partial charge on any atom is 0.337 e. The fourth-order valence-corrected chi connectivity index (χ4v) is 4.45. The monoisotopic (exact) mass is 458 g/mol. The van der Waals surface area contributed by atoms with Crippen molar-refractivity contribution in [1.82, 2.24) is 5.01 Å². The summed E-state index contributed by atoms with van der Waals surface area (Å²) in [5.74, 6) is 1.86. The van der Waals surface area contributed by atoms with Crippen molar-refractivity contribution in [2.45, 2.75) is 25.6 Å². The summed E-state index contributed by atoms with van der Waals surface area (Å²) < 4.78 is 22.5. The summed E-state index contributed by atoms with van der Waals surface area (Å²) in [6, 6.07) is 21.2. The Kier molecular flexibility index (Phi) is 5.84. The van der Waals surface area contributed by atoms with Crippen molar-refractivity contribution in [1.29, 1.82) is 0 Å². The van der Waals surface area contributed by atoms with Gasteiger partial charge in [-0.1, -0.05) is 24.3 Å². The number of para-hydroxylation sites is 1. The molecule has 0 fully saturated rings. The van der Waals surface area contributed by atoms with Crippen LogP contribution in [-0.4, -0.2) is 37.5 Å². The third kappa shape index (κ3) is 3.83. The van der Waals surface area contributed by atoms with Gasteiger partial charge in [-0.05, 0) is 55.0 Å². The Labute approximate surface area is 198 Å². The van der Waals surface area contributed by atoms with Crippen molar-refractivity contribution in [3.05, 3.63) is 89.0 Å². The Hall–Kier alpha value is -4.00. The van der Waals surface area contributed by atoms with E-state index >= 15 is 0 Å². The highest BCUT2D eigenvalue weighted by Crippen LogP contribution is 2.50. The third-order valence-electron chi connectivity index (χ3n) is 6.12. The van der Waals surface area contributed by atoms with Gasteiger partial charge in [0, 0.05) is 17.5 Å². The van der Waals surface area contributed by atoms with Gasteiger partial charge in [-0.25, -0.2) is 9.80 Å². The normalized spacial score (nSPS) is 18.3. The number of carbonyl (C=O) groups is 1. The molecule has 3 aromatic carbocycles. The molecular weight excluding hydrogens is 432 g/mol. The Morgan fingerprint density at radius 3 is 2.50 bits per heavy atom. The van der Waals surface area contributed by atoms with Crippen LogP contribution in [-0.2, 0) is 4.74 Å². The third-order valence-corrected chi connectivity index (χ3v) is 6.12. The second kappa shape index (κ2) is 9.09. The average Bonchev–Trinajstić information content (AvgIpc) is 3.34. The maximum atomic E-state index is 11.9. The minimum absolute atomic E-state index is 0.00861. The average molecular weight is 459 g/mol. The van der Waals surface area contributed by atoms with E-state index in [4.69, 9.17) is 24.0 Å². The van der Waals surface area contributed by atoms with Crippen molar-refractivity contribution in [2.75, 3.05) is 20.8 Å². The zero-order valence-corrected chi connectivity index (χ0v) is 19.4. The Morgan fingerprint density at radius 2 is 1.82 bits per heavy atom. The lowest BCUT2D eigenvalue weighted by Crippen LogP contribution is -2.33. The van der Waals surface area contributed by atoms with Crippen molar-refractivity contribution >= 4 is 11.7 Å². The quantitative estimate of drug-likeness (QED) is 0.478. The highest BCUT2D eigenvalue weighted by molar-refractivity contribution is 6.02. The predicted octanol–water partition coefficient (Wildman–Crippen LogP) is 5.12. The summed E-state index contributed by atoms with van der Waals surface area (Å²) in [5.41, 5.74) is 4.42. The molecule has 0 amide bonds. The zero-order valence-electron chi connectivity index (χ0n) is 19.4. The minimum atomic E-state index is -0.472. The first-order chi connectivity index (χ1) is 16.6. The highest BCUT2D eigenvalue weighted by atomic mass is 16.5. The molecular formula is C27H26N2O5. The van der Waals surface area contributed by atoms with Crippen LogP contribution in [0, 0.1) is 0 Å². The number of nitrogens with zero attached hydrogens (tertiary/aromatic N) is 2. The summed E-state index contributed by atoms with van der Waals surface area (Å²) in [4.78, 5) is 11.9. The number of carbonyl (C=O) groups excluding carboxylic acids is 1. The zero-order chi connectivity index (χ0) is 23.7. The molecule has 34 heavy (non-hydrogen) atoms. The first-order valence-electron chi connectivity index (χ1n) is 11.2. The summed E-state index contributed by atoms with van der Waals surface area (Å²) in [7, 11) is 3.01. The van der Waals surface area contributed by atoms with Gasteiger partial charge in [0.25, 0.3) is 0 Å². The molecule has 0 aliphatic carbocycles. The fourth-order valence-electron chi connectivity index (χ4n) is 4.45.